The van der Waals surface area contributed by atoms with Gasteiger partial charge in [-0.25, -0.2) is 0 Å². The van der Waals surface area contributed by atoms with Crippen LogP contribution in [0.1, 0.15) is 18.4 Å². The number of carbonyl (C=O) groups is 2. The highest BCUT2D eigenvalue weighted by atomic mass is 16.5. The van der Waals surface area contributed by atoms with Gasteiger partial charge in [-0.1, -0.05) is 30.3 Å². The van der Waals surface area contributed by atoms with Crippen LogP contribution < -0.4 is 0 Å². The number of nitrogens with zero attached hydrogens (tertiary/aromatic N) is 1. The van der Waals surface area contributed by atoms with Crippen molar-refractivity contribution in [1.82, 2.24) is 4.90 Å². The third kappa shape index (κ3) is 4.35. The monoisotopic (exact) mass is 277 g/mol. The summed E-state index contributed by atoms with van der Waals surface area (Å²) in [6, 6.07) is 9.54. The van der Waals surface area contributed by atoms with Crippen LogP contribution in [-0.2, 0) is 20.9 Å². The molecule has 0 aromatic heterocycles. The Bertz CT molecular complexity index is 452. The van der Waals surface area contributed by atoms with E-state index in [-0.39, 0.29) is 25.0 Å². The second kappa shape index (κ2) is 7.05. The topological polar surface area (TPSA) is 66.8 Å². The highest BCUT2D eigenvalue weighted by Crippen LogP contribution is 2.17. The van der Waals surface area contributed by atoms with Gasteiger partial charge in [0.1, 0.15) is 6.61 Å². The van der Waals surface area contributed by atoms with E-state index in [2.05, 4.69) is 0 Å². The lowest BCUT2D eigenvalue weighted by Crippen LogP contribution is -2.39. The van der Waals surface area contributed by atoms with Crippen molar-refractivity contribution in [3.05, 3.63) is 35.9 Å². The zero-order chi connectivity index (χ0) is 14.4. The molecular weight excluding hydrogens is 258 g/mol. The van der Waals surface area contributed by atoms with Gasteiger partial charge in [-0.15, -0.1) is 0 Å². The number of benzene rings is 1. The molecule has 2 rings (SSSR count). The highest BCUT2D eigenvalue weighted by Gasteiger charge is 2.25. The first-order valence-corrected chi connectivity index (χ1v) is 6.80. The van der Waals surface area contributed by atoms with Gasteiger partial charge in [-0.3, -0.25) is 14.5 Å². The Balaban J connectivity index is 1.69. The molecule has 0 unspecified atom stereocenters. The molecule has 5 heteroatoms. The first kappa shape index (κ1) is 14.5. The number of likely N-dealkylation sites (tertiary alicyclic amines) is 1. The zero-order valence-electron chi connectivity index (χ0n) is 11.3. The van der Waals surface area contributed by atoms with Crippen LogP contribution in [0.4, 0.5) is 0 Å². The van der Waals surface area contributed by atoms with Crippen LogP contribution in [0.2, 0.25) is 0 Å². The van der Waals surface area contributed by atoms with Gasteiger partial charge in [0.15, 0.2) is 0 Å². The first-order valence-electron chi connectivity index (χ1n) is 6.80. The minimum atomic E-state index is -0.740. The van der Waals surface area contributed by atoms with E-state index in [1.54, 1.807) is 0 Å². The van der Waals surface area contributed by atoms with Crippen LogP contribution in [0.15, 0.2) is 30.3 Å². The van der Waals surface area contributed by atoms with Crippen LogP contribution in [-0.4, -0.2) is 41.6 Å². The van der Waals surface area contributed by atoms with Gasteiger partial charge in [-0.2, -0.15) is 0 Å². The molecule has 108 valence electrons. The lowest BCUT2D eigenvalue weighted by molar-refractivity contribution is -0.147. The van der Waals surface area contributed by atoms with Crippen molar-refractivity contribution in [3.8, 4) is 0 Å². The van der Waals surface area contributed by atoms with Gasteiger partial charge in [0.25, 0.3) is 0 Å². The Morgan fingerprint density at radius 3 is 2.45 bits per heavy atom. The smallest absolute Gasteiger partial charge is 0.320 e. The van der Waals surface area contributed by atoms with Crippen molar-refractivity contribution in [3.63, 3.8) is 0 Å². The number of carboxylic acids is 1. The third-order valence-electron chi connectivity index (χ3n) is 3.53. The Morgan fingerprint density at radius 2 is 1.85 bits per heavy atom. The van der Waals surface area contributed by atoms with Gasteiger partial charge in [-0.05, 0) is 31.5 Å². The molecule has 0 aliphatic carbocycles. The Labute approximate surface area is 118 Å². The molecule has 5 nitrogen and oxygen atoms in total. The number of aliphatic carboxylic acids is 1. The van der Waals surface area contributed by atoms with E-state index in [4.69, 9.17) is 9.84 Å². The Hall–Kier alpha value is -1.88. The summed E-state index contributed by atoms with van der Waals surface area (Å²) in [6.45, 7) is 1.79. The summed E-state index contributed by atoms with van der Waals surface area (Å²) in [5, 5.41) is 8.91. The molecule has 1 fully saturated rings. The lowest BCUT2D eigenvalue weighted by atomic mass is 9.97. The summed E-state index contributed by atoms with van der Waals surface area (Å²) < 4.78 is 5.21. The fraction of sp³-hybridized carbons (Fsp3) is 0.467. The molecule has 1 N–H and O–H groups in total. The summed E-state index contributed by atoms with van der Waals surface area (Å²) in [6.07, 6.45) is 1.20. The van der Waals surface area contributed by atoms with Gasteiger partial charge in [0.05, 0.1) is 12.5 Å². The van der Waals surface area contributed by atoms with Gasteiger partial charge >= 0.3 is 11.9 Å². The molecule has 1 aliphatic heterocycles. The van der Waals surface area contributed by atoms with E-state index >= 15 is 0 Å². The molecule has 0 radical (unpaired) electrons. The second-order valence-electron chi connectivity index (χ2n) is 5.03. The summed E-state index contributed by atoms with van der Waals surface area (Å²) in [5.74, 6) is -1.27. The van der Waals surface area contributed by atoms with Crippen molar-refractivity contribution in [2.75, 3.05) is 19.6 Å². The van der Waals surface area contributed by atoms with E-state index < -0.39 is 5.97 Å². The number of hydrogen-bond donors (Lipinski definition) is 1. The number of piperidine rings is 1. The minimum Gasteiger partial charge on any atom is -0.481 e. The molecule has 1 aromatic rings. The standard InChI is InChI=1S/C15H19NO4/c17-14(20-11-12-4-2-1-3-5-12)10-16-8-6-13(7-9-16)15(18)19/h1-5,13H,6-11H2,(H,18,19). The van der Waals surface area contributed by atoms with Crippen molar-refractivity contribution in [2.45, 2.75) is 19.4 Å². The molecule has 0 amide bonds. The Morgan fingerprint density at radius 1 is 1.20 bits per heavy atom. The van der Waals surface area contributed by atoms with Gasteiger partial charge in [0.2, 0.25) is 0 Å². The van der Waals surface area contributed by atoms with E-state index in [1.807, 2.05) is 35.2 Å². The van der Waals surface area contributed by atoms with Crippen LogP contribution >= 0.6 is 0 Å². The normalized spacial score (nSPS) is 16.8. The van der Waals surface area contributed by atoms with Crippen molar-refractivity contribution in [1.29, 1.82) is 0 Å². The molecular formula is C15H19NO4. The second-order valence-corrected chi connectivity index (χ2v) is 5.03. The average Bonchev–Trinajstić information content (AvgIpc) is 2.47. The third-order valence-corrected chi connectivity index (χ3v) is 3.53. The fourth-order valence-electron chi connectivity index (χ4n) is 2.30. The SMILES string of the molecule is O=C(CN1CCC(C(=O)O)CC1)OCc1ccccc1. The largest absolute Gasteiger partial charge is 0.481 e. The van der Waals surface area contributed by atoms with E-state index in [1.165, 1.54) is 0 Å². The molecule has 1 saturated heterocycles. The number of hydrogen-bond acceptors (Lipinski definition) is 4. The predicted octanol–water partition coefficient (Wildman–Crippen LogP) is 1.53. The Kier molecular flexibility index (Phi) is 5.12. The van der Waals surface area contributed by atoms with E-state index in [0.29, 0.717) is 25.9 Å². The lowest BCUT2D eigenvalue weighted by Gasteiger charge is -2.28. The number of ether oxygens (including phenoxy) is 1. The molecule has 0 atom stereocenters. The maximum absolute atomic E-state index is 11.7. The molecule has 0 spiro atoms. The van der Waals surface area contributed by atoms with E-state index in [0.717, 1.165) is 5.56 Å². The predicted molar refractivity (Wildman–Crippen MR) is 73.0 cm³/mol. The zero-order valence-corrected chi connectivity index (χ0v) is 11.3. The summed E-state index contributed by atoms with van der Waals surface area (Å²) >= 11 is 0. The van der Waals surface area contributed by atoms with Gasteiger partial charge in [0, 0.05) is 0 Å². The molecule has 0 bridgehead atoms. The number of rotatable bonds is 5. The van der Waals surface area contributed by atoms with Crippen LogP contribution in [0.5, 0.6) is 0 Å². The molecule has 1 aliphatic rings. The summed E-state index contributed by atoms with van der Waals surface area (Å²) in [4.78, 5) is 24.5. The van der Waals surface area contributed by atoms with Crippen molar-refractivity contribution < 1.29 is 19.4 Å². The minimum absolute atomic E-state index is 0.235. The number of carboxylic acid groups (broad SMARTS) is 1. The van der Waals surface area contributed by atoms with Crippen LogP contribution in [0.25, 0.3) is 0 Å². The molecule has 20 heavy (non-hydrogen) atoms. The summed E-state index contributed by atoms with van der Waals surface area (Å²) in [7, 11) is 0. The maximum atomic E-state index is 11.7. The van der Waals surface area contributed by atoms with Crippen molar-refractivity contribution in [2.24, 2.45) is 5.92 Å². The molecule has 1 aromatic carbocycles. The van der Waals surface area contributed by atoms with Crippen LogP contribution in [0.3, 0.4) is 0 Å². The number of esters is 1. The fourth-order valence-corrected chi connectivity index (χ4v) is 2.30. The first-order chi connectivity index (χ1) is 9.65. The highest BCUT2D eigenvalue weighted by molar-refractivity contribution is 5.72. The quantitative estimate of drug-likeness (QED) is 0.827. The summed E-state index contributed by atoms with van der Waals surface area (Å²) in [5.41, 5.74) is 0.963. The molecule has 0 saturated carbocycles. The van der Waals surface area contributed by atoms with E-state index in [9.17, 15) is 9.59 Å². The molecule has 1 heterocycles. The number of carbonyl (C=O) groups excluding carboxylic acids is 1. The van der Waals surface area contributed by atoms with Crippen molar-refractivity contribution >= 4 is 11.9 Å². The average molecular weight is 277 g/mol. The van der Waals surface area contributed by atoms with Crippen LogP contribution in [0, 0.1) is 5.92 Å². The maximum Gasteiger partial charge on any atom is 0.320 e. The van der Waals surface area contributed by atoms with Gasteiger partial charge < -0.3 is 9.84 Å².